The maximum atomic E-state index is 5.62. The number of nitrogens with zero attached hydrogens (tertiary/aromatic N) is 2. The van der Waals surface area contributed by atoms with Gasteiger partial charge in [-0.3, -0.25) is 0 Å². The Kier molecular flexibility index (Phi) is 3.16. The van der Waals surface area contributed by atoms with Crippen LogP contribution in [0.4, 0.5) is 0 Å². The molecular formula is C12H12BrN3O3. The summed E-state index contributed by atoms with van der Waals surface area (Å²) in [4.78, 5) is 4.24. The van der Waals surface area contributed by atoms with Crippen molar-refractivity contribution in [2.45, 2.75) is 13.5 Å². The van der Waals surface area contributed by atoms with Crippen LogP contribution in [-0.4, -0.2) is 23.4 Å². The van der Waals surface area contributed by atoms with Crippen molar-refractivity contribution in [3.63, 3.8) is 0 Å². The highest BCUT2D eigenvalue weighted by Gasteiger charge is 2.23. The summed E-state index contributed by atoms with van der Waals surface area (Å²) in [6, 6.07) is 1.91. The summed E-state index contributed by atoms with van der Waals surface area (Å²) in [7, 11) is 0. The lowest BCUT2D eigenvalue weighted by Crippen LogP contribution is -2.16. The molecule has 0 atom stereocenters. The molecule has 3 rings (SSSR count). The molecular weight excluding hydrogens is 314 g/mol. The van der Waals surface area contributed by atoms with Crippen LogP contribution in [-0.2, 0) is 6.54 Å². The molecule has 1 aromatic carbocycles. The van der Waals surface area contributed by atoms with Gasteiger partial charge in [-0.15, -0.1) is 0 Å². The molecule has 0 spiro atoms. The minimum Gasteiger partial charge on any atom is -0.486 e. The van der Waals surface area contributed by atoms with Crippen molar-refractivity contribution in [2.75, 3.05) is 13.2 Å². The molecule has 2 aromatic rings. The zero-order valence-electron chi connectivity index (χ0n) is 10.3. The van der Waals surface area contributed by atoms with E-state index in [1.807, 2.05) is 13.0 Å². The fourth-order valence-electron chi connectivity index (χ4n) is 1.98. The Bertz CT molecular complexity index is 627. The van der Waals surface area contributed by atoms with Gasteiger partial charge >= 0.3 is 0 Å². The van der Waals surface area contributed by atoms with Gasteiger partial charge in [0.25, 0.3) is 0 Å². The SMILES string of the molecule is Cc1cc2c(c(Br)c1-c1noc(CN)n1)OCCO2. The van der Waals surface area contributed by atoms with Crippen LogP contribution in [0.25, 0.3) is 11.4 Å². The van der Waals surface area contributed by atoms with E-state index in [0.29, 0.717) is 30.7 Å². The molecule has 2 heterocycles. The van der Waals surface area contributed by atoms with Crippen molar-refractivity contribution < 1.29 is 14.0 Å². The lowest BCUT2D eigenvalue weighted by atomic mass is 10.1. The summed E-state index contributed by atoms with van der Waals surface area (Å²) in [5, 5.41) is 3.94. The second-order valence-electron chi connectivity index (χ2n) is 4.12. The lowest BCUT2D eigenvalue weighted by molar-refractivity contribution is 0.170. The van der Waals surface area contributed by atoms with E-state index in [1.54, 1.807) is 0 Å². The number of halogens is 1. The molecule has 0 bridgehead atoms. The summed E-state index contributed by atoms with van der Waals surface area (Å²) in [6.45, 7) is 3.25. The van der Waals surface area contributed by atoms with Crippen LogP contribution >= 0.6 is 15.9 Å². The number of aromatic nitrogens is 2. The average molecular weight is 326 g/mol. The number of hydrogen-bond donors (Lipinski definition) is 1. The van der Waals surface area contributed by atoms with E-state index in [4.69, 9.17) is 19.7 Å². The second kappa shape index (κ2) is 4.82. The number of hydrogen-bond acceptors (Lipinski definition) is 6. The molecule has 0 amide bonds. The van der Waals surface area contributed by atoms with Gasteiger partial charge in [-0.2, -0.15) is 4.98 Å². The number of rotatable bonds is 2. The van der Waals surface area contributed by atoms with Crippen molar-refractivity contribution in [1.82, 2.24) is 10.1 Å². The van der Waals surface area contributed by atoms with Crippen LogP contribution in [0.5, 0.6) is 11.5 Å². The van der Waals surface area contributed by atoms with Crippen LogP contribution in [0.1, 0.15) is 11.5 Å². The number of fused-ring (bicyclic) bond motifs is 1. The van der Waals surface area contributed by atoms with Crippen LogP contribution < -0.4 is 15.2 Å². The smallest absolute Gasteiger partial charge is 0.240 e. The van der Waals surface area contributed by atoms with Gasteiger partial charge in [0, 0.05) is 5.56 Å². The molecule has 1 aromatic heterocycles. The third-order valence-corrected chi connectivity index (χ3v) is 3.59. The number of benzene rings is 1. The minimum atomic E-state index is 0.216. The number of aryl methyl sites for hydroxylation is 1. The molecule has 7 heteroatoms. The maximum Gasteiger partial charge on any atom is 0.240 e. The first-order valence-corrected chi connectivity index (χ1v) is 6.61. The minimum absolute atomic E-state index is 0.216. The van der Waals surface area contributed by atoms with Crippen LogP contribution in [0.2, 0.25) is 0 Å². The molecule has 0 aliphatic carbocycles. The van der Waals surface area contributed by atoms with Gasteiger partial charge in [0.1, 0.15) is 13.2 Å². The molecule has 1 aliphatic rings. The van der Waals surface area contributed by atoms with E-state index in [1.165, 1.54) is 0 Å². The Balaban J connectivity index is 2.15. The average Bonchev–Trinajstić information content (AvgIpc) is 2.87. The lowest BCUT2D eigenvalue weighted by Gasteiger charge is -2.21. The number of nitrogens with two attached hydrogens (primary N) is 1. The fraction of sp³-hybridized carbons (Fsp3) is 0.333. The highest BCUT2D eigenvalue weighted by atomic mass is 79.9. The van der Waals surface area contributed by atoms with Gasteiger partial charge in [0.2, 0.25) is 11.7 Å². The predicted molar refractivity (Wildman–Crippen MR) is 71.1 cm³/mol. The van der Waals surface area contributed by atoms with Crippen molar-refractivity contribution in [2.24, 2.45) is 5.73 Å². The summed E-state index contributed by atoms with van der Waals surface area (Å²) >= 11 is 3.53. The van der Waals surface area contributed by atoms with Gasteiger partial charge in [-0.1, -0.05) is 5.16 Å². The molecule has 19 heavy (non-hydrogen) atoms. The Hall–Kier alpha value is -1.60. The van der Waals surface area contributed by atoms with Crippen molar-refractivity contribution in [3.05, 3.63) is 22.0 Å². The number of ether oxygens (including phenoxy) is 2. The molecule has 0 saturated carbocycles. The Morgan fingerprint density at radius 3 is 2.89 bits per heavy atom. The largest absolute Gasteiger partial charge is 0.486 e. The molecule has 0 fully saturated rings. The van der Waals surface area contributed by atoms with Gasteiger partial charge in [0.05, 0.1) is 11.0 Å². The van der Waals surface area contributed by atoms with E-state index in [2.05, 4.69) is 26.1 Å². The first-order valence-electron chi connectivity index (χ1n) is 5.82. The normalized spacial score (nSPS) is 13.6. The van der Waals surface area contributed by atoms with Crippen molar-refractivity contribution in [1.29, 1.82) is 0 Å². The summed E-state index contributed by atoms with van der Waals surface area (Å²) < 4.78 is 17.0. The second-order valence-corrected chi connectivity index (χ2v) is 4.92. The monoisotopic (exact) mass is 325 g/mol. The molecule has 1 aliphatic heterocycles. The van der Waals surface area contributed by atoms with E-state index in [9.17, 15) is 0 Å². The molecule has 100 valence electrons. The van der Waals surface area contributed by atoms with Gasteiger partial charge in [-0.25, -0.2) is 0 Å². The van der Waals surface area contributed by atoms with E-state index >= 15 is 0 Å². The van der Waals surface area contributed by atoms with Gasteiger partial charge < -0.3 is 19.7 Å². The first-order chi connectivity index (χ1) is 9.20. The zero-order valence-corrected chi connectivity index (χ0v) is 11.9. The first kappa shape index (κ1) is 12.4. The van der Waals surface area contributed by atoms with E-state index < -0.39 is 0 Å². The third kappa shape index (κ3) is 2.08. The van der Waals surface area contributed by atoms with E-state index in [0.717, 1.165) is 21.3 Å². The van der Waals surface area contributed by atoms with Crippen LogP contribution in [0.3, 0.4) is 0 Å². The van der Waals surface area contributed by atoms with Crippen LogP contribution in [0.15, 0.2) is 15.1 Å². The third-order valence-electron chi connectivity index (χ3n) is 2.84. The molecule has 2 N–H and O–H groups in total. The fourth-order valence-corrected chi connectivity index (χ4v) is 2.78. The van der Waals surface area contributed by atoms with Crippen molar-refractivity contribution >= 4 is 15.9 Å². The zero-order chi connectivity index (χ0) is 13.4. The molecule has 0 radical (unpaired) electrons. The van der Waals surface area contributed by atoms with Crippen molar-refractivity contribution in [3.8, 4) is 22.9 Å². The molecule has 0 saturated heterocycles. The predicted octanol–water partition coefficient (Wildman–Crippen LogP) is 2.04. The Morgan fingerprint density at radius 2 is 2.16 bits per heavy atom. The molecule has 6 nitrogen and oxygen atoms in total. The Morgan fingerprint density at radius 1 is 1.37 bits per heavy atom. The maximum absolute atomic E-state index is 5.62. The molecule has 0 unspecified atom stereocenters. The summed E-state index contributed by atoms with van der Waals surface area (Å²) in [6.07, 6.45) is 0. The van der Waals surface area contributed by atoms with E-state index in [-0.39, 0.29) is 6.54 Å². The summed E-state index contributed by atoms with van der Waals surface area (Å²) in [5.74, 6) is 2.28. The quantitative estimate of drug-likeness (QED) is 0.909. The Labute approximate surface area is 118 Å². The highest BCUT2D eigenvalue weighted by molar-refractivity contribution is 9.10. The highest BCUT2D eigenvalue weighted by Crippen LogP contribution is 2.44. The topological polar surface area (TPSA) is 83.4 Å². The summed E-state index contributed by atoms with van der Waals surface area (Å²) in [5.41, 5.74) is 7.27. The van der Waals surface area contributed by atoms with Gasteiger partial charge in [0.15, 0.2) is 11.5 Å². The van der Waals surface area contributed by atoms with Crippen LogP contribution in [0, 0.1) is 6.92 Å². The van der Waals surface area contributed by atoms with Gasteiger partial charge in [-0.05, 0) is 34.5 Å². The standard InChI is InChI=1S/C12H12BrN3O3/c1-6-4-7-11(18-3-2-17-7)10(13)9(6)12-15-8(5-14)19-16-12/h4H,2-3,5,14H2,1H3.